The van der Waals surface area contributed by atoms with E-state index in [0.717, 1.165) is 11.3 Å². The van der Waals surface area contributed by atoms with E-state index in [9.17, 15) is 9.18 Å². The van der Waals surface area contributed by atoms with Gasteiger partial charge in [-0.2, -0.15) is 0 Å². The summed E-state index contributed by atoms with van der Waals surface area (Å²) in [5.74, 6) is 0.438. The Morgan fingerprint density at radius 3 is 2.68 bits per heavy atom. The van der Waals surface area contributed by atoms with Crippen LogP contribution in [-0.4, -0.2) is 29.9 Å². The second kappa shape index (κ2) is 4.94. The van der Waals surface area contributed by atoms with Crippen LogP contribution in [0.2, 0.25) is 0 Å². The van der Waals surface area contributed by atoms with Gasteiger partial charge in [-0.1, -0.05) is 24.3 Å². The second-order valence-corrected chi connectivity index (χ2v) is 5.37. The summed E-state index contributed by atoms with van der Waals surface area (Å²) in [6.45, 7) is 1.79. The average molecular weight is 295 g/mol. The van der Waals surface area contributed by atoms with Crippen molar-refractivity contribution < 1.29 is 9.18 Å². The monoisotopic (exact) mass is 295 g/mol. The number of fused-ring (bicyclic) bond motifs is 2. The molecule has 0 saturated heterocycles. The van der Waals surface area contributed by atoms with Crippen molar-refractivity contribution in [3.63, 3.8) is 0 Å². The lowest BCUT2D eigenvalue weighted by Gasteiger charge is -2.36. The van der Waals surface area contributed by atoms with Crippen molar-refractivity contribution in [2.45, 2.75) is 6.54 Å². The zero-order valence-electron chi connectivity index (χ0n) is 11.9. The highest BCUT2D eigenvalue weighted by Crippen LogP contribution is 2.31. The van der Waals surface area contributed by atoms with Crippen LogP contribution in [0.1, 0.15) is 15.9 Å². The third-order valence-corrected chi connectivity index (χ3v) is 3.98. The average Bonchev–Trinajstić information content (AvgIpc) is 3.03. The number of halogens is 1. The first kappa shape index (κ1) is 13.0. The maximum atomic E-state index is 13.1. The van der Waals surface area contributed by atoms with Crippen LogP contribution in [0, 0.1) is 5.82 Å². The quantitative estimate of drug-likeness (QED) is 0.854. The molecule has 0 unspecified atom stereocenters. The fourth-order valence-electron chi connectivity index (χ4n) is 2.93. The molecule has 110 valence electrons. The first-order valence-corrected chi connectivity index (χ1v) is 7.21. The first-order chi connectivity index (χ1) is 10.7. The zero-order chi connectivity index (χ0) is 15.1. The van der Waals surface area contributed by atoms with Gasteiger partial charge in [-0.05, 0) is 29.8 Å². The van der Waals surface area contributed by atoms with E-state index < -0.39 is 0 Å². The number of para-hydroxylation sites is 1. The molecule has 0 bridgehead atoms. The van der Waals surface area contributed by atoms with Crippen LogP contribution in [-0.2, 0) is 6.54 Å². The number of amides is 1. The molecular formula is C17H14FN3O. The minimum atomic E-state index is -0.252. The molecule has 2 heterocycles. The third kappa shape index (κ3) is 1.97. The van der Waals surface area contributed by atoms with Gasteiger partial charge in [0, 0.05) is 6.54 Å². The van der Waals surface area contributed by atoms with Crippen molar-refractivity contribution in [1.29, 1.82) is 0 Å². The number of benzene rings is 2. The van der Waals surface area contributed by atoms with Crippen LogP contribution < -0.4 is 4.90 Å². The van der Waals surface area contributed by atoms with Crippen molar-refractivity contribution >= 4 is 17.6 Å². The van der Waals surface area contributed by atoms with Gasteiger partial charge in [-0.3, -0.25) is 14.7 Å². The Bertz CT molecular complexity index is 770. The van der Waals surface area contributed by atoms with E-state index in [1.165, 1.54) is 12.1 Å². The van der Waals surface area contributed by atoms with Gasteiger partial charge in [0.15, 0.2) is 0 Å². The number of hydrogen-bond donors (Lipinski definition) is 0. The first-order valence-electron chi connectivity index (χ1n) is 7.21. The predicted octanol–water partition coefficient (Wildman–Crippen LogP) is 2.66. The van der Waals surface area contributed by atoms with Gasteiger partial charge in [0.1, 0.15) is 5.82 Å². The number of carbonyl (C=O) groups is 1. The van der Waals surface area contributed by atoms with Crippen molar-refractivity contribution in [2.75, 3.05) is 18.0 Å². The highest BCUT2D eigenvalue weighted by molar-refractivity contribution is 6.19. The molecule has 4 nitrogen and oxygen atoms in total. The summed E-state index contributed by atoms with van der Waals surface area (Å²) in [6.07, 6.45) is 0. The van der Waals surface area contributed by atoms with Crippen LogP contribution in [0.25, 0.3) is 0 Å². The summed E-state index contributed by atoms with van der Waals surface area (Å²) in [5.41, 5.74) is 2.51. The molecule has 4 rings (SSSR count). The van der Waals surface area contributed by atoms with E-state index >= 15 is 0 Å². The van der Waals surface area contributed by atoms with E-state index in [1.807, 2.05) is 29.2 Å². The summed E-state index contributed by atoms with van der Waals surface area (Å²) < 4.78 is 13.1. The summed E-state index contributed by atoms with van der Waals surface area (Å²) in [5, 5.41) is 0. The Labute approximate surface area is 127 Å². The normalized spacial score (nSPS) is 16.4. The van der Waals surface area contributed by atoms with Crippen molar-refractivity contribution in [3.05, 3.63) is 65.5 Å². The van der Waals surface area contributed by atoms with Crippen molar-refractivity contribution in [2.24, 2.45) is 4.99 Å². The van der Waals surface area contributed by atoms with Gasteiger partial charge in [0.2, 0.25) is 5.96 Å². The fourth-order valence-corrected chi connectivity index (χ4v) is 2.93. The zero-order valence-corrected chi connectivity index (χ0v) is 11.9. The molecule has 2 aliphatic heterocycles. The van der Waals surface area contributed by atoms with Crippen molar-refractivity contribution in [3.8, 4) is 0 Å². The van der Waals surface area contributed by atoms with Crippen LogP contribution >= 0.6 is 0 Å². The highest BCUT2D eigenvalue weighted by Gasteiger charge is 2.36. The standard InChI is InChI=1S/C17H14FN3O/c18-13-7-5-12(6-8-13)11-21-15-4-2-1-3-14(15)16(22)20-10-9-19-17(20)21/h1-8H,9-11H2. The molecule has 0 fully saturated rings. The molecule has 0 aliphatic carbocycles. The lowest BCUT2D eigenvalue weighted by atomic mass is 10.1. The Balaban J connectivity index is 1.77. The maximum absolute atomic E-state index is 13.1. The SMILES string of the molecule is O=C1c2ccccc2N(Cc2ccc(F)cc2)C2=NCCN12. The Hall–Kier alpha value is -2.69. The molecule has 2 aliphatic rings. The van der Waals surface area contributed by atoms with Crippen molar-refractivity contribution in [1.82, 2.24) is 4.90 Å². The number of rotatable bonds is 2. The van der Waals surface area contributed by atoms with E-state index in [-0.39, 0.29) is 11.7 Å². The minimum absolute atomic E-state index is 0.00204. The number of hydrogen-bond acceptors (Lipinski definition) is 3. The Kier molecular flexibility index (Phi) is 2.92. The molecule has 0 atom stereocenters. The highest BCUT2D eigenvalue weighted by atomic mass is 19.1. The molecular weight excluding hydrogens is 281 g/mol. The molecule has 0 aromatic heterocycles. The van der Waals surface area contributed by atoms with E-state index in [4.69, 9.17) is 0 Å². The van der Waals surface area contributed by atoms with Crippen LogP contribution in [0.5, 0.6) is 0 Å². The molecule has 2 aromatic rings. The Morgan fingerprint density at radius 1 is 1.09 bits per heavy atom. The van der Waals surface area contributed by atoms with Gasteiger partial charge in [0.05, 0.1) is 24.3 Å². The van der Waals surface area contributed by atoms with Gasteiger partial charge in [-0.25, -0.2) is 4.39 Å². The molecule has 0 N–H and O–H groups in total. The van der Waals surface area contributed by atoms with E-state index in [0.29, 0.717) is 31.2 Å². The number of guanidine groups is 1. The predicted molar refractivity (Wildman–Crippen MR) is 82.4 cm³/mol. The van der Waals surface area contributed by atoms with Crippen LogP contribution in [0.15, 0.2) is 53.5 Å². The number of anilines is 1. The van der Waals surface area contributed by atoms with Gasteiger partial charge < -0.3 is 4.90 Å². The Morgan fingerprint density at radius 2 is 1.86 bits per heavy atom. The molecule has 2 aromatic carbocycles. The molecule has 1 amide bonds. The van der Waals surface area contributed by atoms with Gasteiger partial charge >= 0.3 is 0 Å². The van der Waals surface area contributed by atoms with E-state index in [1.54, 1.807) is 17.0 Å². The molecule has 0 saturated carbocycles. The lowest BCUT2D eigenvalue weighted by Crippen LogP contribution is -2.49. The topological polar surface area (TPSA) is 35.9 Å². The fraction of sp³-hybridized carbons (Fsp3) is 0.176. The van der Waals surface area contributed by atoms with Gasteiger partial charge in [0.25, 0.3) is 5.91 Å². The lowest BCUT2D eigenvalue weighted by molar-refractivity contribution is 0.0851. The summed E-state index contributed by atoms with van der Waals surface area (Å²) in [4.78, 5) is 20.7. The van der Waals surface area contributed by atoms with Gasteiger partial charge in [-0.15, -0.1) is 0 Å². The minimum Gasteiger partial charge on any atom is -0.307 e. The van der Waals surface area contributed by atoms with Crippen LogP contribution in [0.4, 0.5) is 10.1 Å². The second-order valence-electron chi connectivity index (χ2n) is 5.37. The number of carbonyl (C=O) groups excluding carboxylic acids is 1. The van der Waals surface area contributed by atoms with Crippen LogP contribution in [0.3, 0.4) is 0 Å². The number of nitrogens with zero attached hydrogens (tertiary/aromatic N) is 3. The largest absolute Gasteiger partial charge is 0.307 e. The summed E-state index contributed by atoms with van der Waals surface area (Å²) >= 11 is 0. The third-order valence-electron chi connectivity index (χ3n) is 3.98. The number of aliphatic imine (C=N–C) groups is 1. The summed E-state index contributed by atoms with van der Waals surface area (Å²) in [7, 11) is 0. The molecule has 22 heavy (non-hydrogen) atoms. The van der Waals surface area contributed by atoms with E-state index in [2.05, 4.69) is 4.99 Å². The molecule has 0 spiro atoms. The summed E-state index contributed by atoms with van der Waals surface area (Å²) in [6, 6.07) is 14.0. The molecule has 5 heteroatoms. The molecule has 0 radical (unpaired) electrons. The maximum Gasteiger partial charge on any atom is 0.262 e. The smallest absolute Gasteiger partial charge is 0.262 e.